The molecule has 4 rings (SSSR count). The van der Waals surface area contributed by atoms with Gasteiger partial charge in [-0.2, -0.15) is 0 Å². The Morgan fingerprint density at radius 1 is 1.04 bits per heavy atom. The van der Waals surface area contributed by atoms with Crippen molar-refractivity contribution in [1.82, 2.24) is 4.98 Å². The summed E-state index contributed by atoms with van der Waals surface area (Å²) in [4.78, 5) is 4.48. The molecule has 0 radical (unpaired) electrons. The van der Waals surface area contributed by atoms with Crippen molar-refractivity contribution in [3.8, 4) is 11.3 Å². The van der Waals surface area contributed by atoms with Crippen molar-refractivity contribution in [3.63, 3.8) is 0 Å². The van der Waals surface area contributed by atoms with Crippen LogP contribution < -0.4 is 4.57 Å². The van der Waals surface area contributed by atoms with Crippen LogP contribution in [0.2, 0.25) is 0 Å². The summed E-state index contributed by atoms with van der Waals surface area (Å²) in [5.41, 5.74) is 4.40. The van der Waals surface area contributed by atoms with Crippen molar-refractivity contribution >= 4 is 21.7 Å². The molecule has 0 fully saturated rings. The third kappa shape index (κ3) is 2.58. The van der Waals surface area contributed by atoms with Crippen molar-refractivity contribution in [1.29, 1.82) is 0 Å². The molecule has 0 N–H and O–H groups in total. The van der Waals surface area contributed by atoms with E-state index in [0.29, 0.717) is 0 Å². The van der Waals surface area contributed by atoms with Gasteiger partial charge >= 0.3 is 21.1 Å². The Bertz CT molecular complexity index is 1010. The van der Waals surface area contributed by atoms with Gasteiger partial charge in [0.1, 0.15) is 0 Å². The molecule has 110 valence electrons. The van der Waals surface area contributed by atoms with Crippen LogP contribution in [0.4, 0.5) is 0 Å². The maximum absolute atomic E-state index is 4.48. The van der Waals surface area contributed by atoms with Gasteiger partial charge in [-0.05, 0) is 0 Å². The zero-order chi connectivity index (χ0) is 15.1. The quantitative estimate of drug-likeness (QED) is 0.308. The van der Waals surface area contributed by atoms with E-state index in [1.807, 2.05) is 36.1 Å². The molecule has 0 saturated heterocycles. The number of hydrogen-bond acceptors (Lipinski definition) is 1. The average molecular weight is 467 g/mol. The molecule has 3 aromatic carbocycles. The molecule has 0 aliphatic rings. The Balaban J connectivity index is 0.00000156. The predicted molar refractivity (Wildman–Crippen MR) is 88.3 cm³/mol. The number of aromatic nitrogens is 2. The van der Waals surface area contributed by atoms with Gasteiger partial charge in [0, 0.05) is 5.69 Å². The van der Waals surface area contributed by atoms with Crippen LogP contribution in [0.1, 0.15) is 5.56 Å². The summed E-state index contributed by atoms with van der Waals surface area (Å²) in [6, 6.07) is 23.2. The van der Waals surface area contributed by atoms with Gasteiger partial charge in [-0.1, -0.05) is 58.4 Å². The molecule has 0 saturated carbocycles. The molecule has 0 atom stereocenters. The molecule has 1 heterocycles. The molecule has 0 aliphatic heterocycles. The molecule has 4 aromatic rings. The average Bonchev–Trinajstić information content (AvgIpc) is 2.56. The van der Waals surface area contributed by atoms with Gasteiger partial charge in [0.05, 0.1) is 12.6 Å². The minimum Gasteiger partial charge on any atom is -0.275 e. The molecular weight excluding hydrogens is 452 g/mol. The van der Waals surface area contributed by atoms with Gasteiger partial charge in [0.2, 0.25) is 0 Å². The van der Waals surface area contributed by atoms with Gasteiger partial charge < -0.3 is 0 Å². The summed E-state index contributed by atoms with van der Waals surface area (Å²) in [5.74, 6) is 0. The second-order valence-electron chi connectivity index (χ2n) is 5.51. The van der Waals surface area contributed by atoms with E-state index in [1.165, 1.54) is 16.3 Å². The van der Waals surface area contributed by atoms with E-state index in [-0.39, 0.29) is 21.1 Å². The van der Waals surface area contributed by atoms with Crippen molar-refractivity contribution < 1.29 is 25.6 Å². The Kier molecular flexibility index (Phi) is 4.28. The van der Waals surface area contributed by atoms with E-state index in [1.54, 1.807) is 0 Å². The number of benzene rings is 3. The Morgan fingerprint density at radius 2 is 1.87 bits per heavy atom. The molecule has 3 heteroatoms. The summed E-state index contributed by atoms with van der Waals surface area (Å²) in [7, 11) is 2.02. The number of nitrogens with zero attached hydrogens (tertiary/aromatic N) is 2. The molecule has 1 aromatic heterocycles. The fourth-order valence-electron chi connectivity index (χ4n) is 3.01. The Morgan fingerprint density at radius 3 is 2.74 bits per heavy atom. The second-order valence-corrected chi connectivity index (χ2v) is 5.51. The first-order valence-corrected chi connectivity index (χ1v) is 7.31. The second kappa shape index (κ2) is 6.21. The fourth-order valence-corrected chi connectivity index (χ4v) is 3.01. The van der Waals surface area contributed by atoms with Gasteiger partial charge in [0.25, 0.3) is 6.33 Å². The molecule has 23 heavy (non-hydrogen) atoms. The number of hydrogen-bond donors (Lipinski definition) is 0. The zero-order valence-electron chi connectivity index (χ0n) is 13.0. The third-order valence-corrected chi connectivity index (χ3v) is 4.14. The largest absolute Gasteiger partial charge is 2.00 e. The summed E-state index contributed by atoms with van der Waals surface area (Å²) >= 11 is 0. The Hall–Kier alpha value is -2.05. The molecule has 0 spiro atoms. The van der Waals surface area contributed by atoms with Crippen molar-refractivity contribution in [2.24, 2.45) is 7.05 Å². The monoisotopic (exact) mass is 467 g/mol. The molecule has 2 nitrogen and oxygen atoms in total. The number of aryl methyl sites for hydroxylation is 2. The van der Waals surface area contributed by atoms with Gasteiger partial charge in [-0.25, -0.2) is 0 Å². The maximum Gasteiger partial charge on any atom is 2.00 e. The molecular formula is C20H15N2W+. The van der Waals surface area contributed by atoms with E-state index < -0.39 is 0 Å². The van der Waals surface area contributed by atoms with Crippen molar-refractivity contribution in [2.75, 3.05) is 0 Å². The van der Waals surface area contributed by atoms with E-state index in [2.05, 4.69) is 54.4 Å². The minimum atomic E-state index is 0. The fraction of sp³-hybridized carbons (Fsp3) is 0.100. The van der Waals surface area contributed by atoms with Crippen LogP contribution in [0.25, 0.3) is 32.9 Å². The standard InChI is InChI=1S/C20H15N2.W/c1-14-16-8-4-3-7-15(16)11-12-17(14)20-18-9-5-6-10-19(18)21-13-22(20)2;/h3-8,10-11,13H,1-2H3;/q-1;+2. The number of fused-ring (bicyclic) bond motifs is 2. The van der Waals surface area contributed by atoms with Crippen LogP contribution >= 0.6 is 0 Å². The molecule has 0 amide bonds. The normalized spacial score (nSPS) is 10.7. The van der Waals surface area contributed by atoms with Gasteiger partial charge in [-0.15, -0.1) is 41.5 Å². The third-order valence-electron chi connectivity index (χ3n) is 4.14. The zero-order valence-corrected chi connectivity index (χ0v) is 15.9. The number of rotatable bonds is 1. The van der Waals surface area contributed by atoms with E-state index in [0.717, 1.165) is 22.2 Å². The van der Waals surface area contributed by atoms with E-state index in [9.17, 15) is 0 Å². The minimum absolute atomic E-state index is 0. The summed E-state index contributed by atoms with van der Waals surface area (Å²) in [5, 5.41) is 3.51. The Labute approximate surface area is 150 Å². The predicted octanol–water partition coefficient (Wildman–Crippen LogP) is 3.79. The van der Waals surface area contributed by atoms with Crippen LogP contribution in [0.5, 0.6) is 0 Å². The first-order valence-electron chi connectivity index (χ1n) is 7.31. The van der Waals surface area contributed by atoms with Crippen LogP contribution in [0.15, 0.2) is 54.9 Å². The van der Waals surface area contributed by atoms with E-state index >= 15 is 0 Å². The van der Waals surface area contributed by atoms with Crippen LogP contribution in [-0.2, 0) is 28.1 Å². The summed E-state index contributed by atoms with van der Waals surface area (Å²) in [6.07, 6.45) is 1.86. The molecule has 0 unspecified atom stereocenters. The van der Waals surface area contributed by atoms with Crippen molar-refractivity contribution in [3.05, 3.63) is 72.6 Å². The summed E-state index contributed by atoms with van der Waals surface area (Å²) < 4.78 is 2.05. The first kappa shape index (κ1) is 15.8. The molecule has 0 aliphatic carbocycles. The first-order chi connectivity index (χ1) is 10.8. The topological polar surface area (TPSA) is 16.8 Å². The van der Waals surface area contributed by atoms with Gasteiger partial charge in [-0.3, -0.25) is 4.57 Å². The maximum atomic E-state index is 4.48. The smallest absolute Gasteiger partial charge is 0.275 e. The van der Waals surface area contributed by atoms with Crippen LogP contribution in [0.3, 0.4) is 0 Å². The van der Waals surface area contributed by atoms with Crippen LogP contribution in [-0.4, -0.2) is 4.98 Å². The van der Waals surface area contributed by atoms with Crippen LogP contribution in [0, 0.1) is 19.1 Å². The SMILES string of the molecule is Cc1c(-c2c3[c-]cccc3nc[n+]2C)[c-]cc2ccccc12.[W+2]. The van der Waals surface area contributed by atoms with E-state index in [4.69, 9.17) is 0 Å². The summed E-state index contributed by atoms with van der Waals surface area (Å²) in [6.45, 7) is 2.16. The molecule has 0 bridgehead atoms. The van der Waals surface area contributed by atoms with Crippen molar-refractivity contribution in [2.45, 2.75) is 6.92 Å². The van der Waals surface area contributed by atoms with Gasteiger partial charge in [0.15, 0.2) is 0 Å².